The van der Waals surface area contributed by atoms with Crippen molar-refractivity contribution in [2.24, 2.45) is 0 Å². The molecule has 0 aromatic heterocycles. The SMILES string of the molecule is CN[C@H]1CCN(C(C)(C)C)C1O. The van der Waals surface area contributed by atoms with Gasteiger partial charge in [-0.1, -0.05) is 0 Å². The molecule has 0 aliphatic carbocycles. The Kier molecular flexibility index (Phi) is 2.76. The lowest BCUT2D eigenvalue weighted by molar-refractivity contribution is -0.0296. The van der Waals surface area contributed by atoms with Crippen LogP contribution in [0.5, 0.6) is 0 Å². The van der Waals surface area contributed by atoms with Crippen molar-refractivity contribution in [3.05, 3.63) is 0 Å². The zero-order chi connectivity index (χ0) is 9.35. The van der Waals surface area contributed by atoms with Crippen LogP contribution < -0.4 is 5.32 Å². The molecular formula is C9H20N2O. The van der Waals surface area contributed by atoms with Gasteiger partial charge in [0.25, 0.3) is 0 Å². The van der Waals surface area contributed by atoms with Crippen LogP contribution in [-0.4, -0.2) is 41.4 Å². The Labute approximate surface area is 74.8 Å². The van der Waals surface area contributed by atoms with Crippen LogP contribution in [0.2, 0.25) is 0 Å². The molecule has 1 heterocycles. The zero-order valence-electron chi connectivity index (χ0n) is 8.46. The van der Waals surface area contributed by atoms with Crippen LogP contribution >= 0.6 is 0 Å². The molecule has 1 unspecified atom stereocenters. The summed E-state index contributed by atoms with van der Waals surface area (Å²) in [5, 5.41) is 13.0. The van der Waals surface area contributed by atoms with Gasteiger partial charge in [0, 0.05) is 18.1 Å². The molecule has 12 heavy (non-hydrogen) atoms. The maximum Gasteiger partial charge on any atom is 0.123 e. The van der Waals surface area contributed by atoms with Crippen molar-refractivity contribution in [3.8, 4) is 0 Å². The second-order valence-corrected chi connectivity index (χ2v) is 4.46. The lowest BCUT2D eigenvalue weighted by atomic mass is 10.1. The molecule has 2 atom stereocenters. The molecule has 2 N–H and O–H groups in total. The number of hydrogen-bond acceptors (Lipinski definition) is 3. The predicted molar refractivity (Wildman–Crippen MR) is 49.9 cm³/mol. The van der Waals surface area contributed by atoms with Gasteiger partial charge in [-0.15, -0.1) is 0 Å². The highest BCUT2D eigenvalue weighted by Gasteiger charge is 2.37. The van der Waals surface area contributed by atoms with E-state index in [1.807, 2.05) is 7.05 Å². The number of aliphatic hydroxyl groups is 1. The van der Waals surface area contributed by atoms with Crippen molar-refractivity contribution in [3.63, 3.8) is 0 Å². The van der Waals surface area contributed by atoms with E-state index in [-0.39, 0.29) is 17.8 Å². The van der Waals surface area contributed by atoms with Crippen LogP contribution in [0.4, 0.5) is 0 Å². The second-order valence-electron chi connectivity index (χ2n) is 4.46. The van der Waals surface area contributed by atoms with Crippen molar-refractivity contribution in [2.75, 3.05) is 13.6 Å². The van der Waals surface area contributed by atoms with E-state index < -0.39 is 0 Å². The fourth-order valence-electron chi connectivity index (χ4n) is 1.80. The number of likely N-dealkylation sites (N-methyl/N-ethyl adjacent to an activating group) is 1. The van der Waals surface area contributed by atoms with Gasteiger partial charge in [0.15, 0.2) is 0 Å². The van der Waals surface area contributed by atoms with E-state index in [1.165, 1.54) is 0 Å². The molecule has 0 spiro atoms. The molecule has 72 valence electrons. The Morgan fingerprint density at radius 1 is 1.42 bits per heavy atom. The maximum atomic E-state index is 9.85. The predicted octanol–water partition coefficient (Wildman–Crippen LogP) is 0.397. The van der Waals surface area contributed by atoms with Crippen LogP contribution in [-0.2, 0) is 0 Å². The van der Waals surface area contributed by atoms with Crippen molar-refractivity contribution in [1.82, 2.24) is 10.2 Å². The summed E-state index contributed by atoms with van der Waals surface area (Å²) >= 11 is 0. The Balaban J connectivity index is 2.61. The smallest absolute Gasteiger partial charge is 0.123 e. The first-order valence-electron chi connectivity index (χ1n) is 4.59. The van der Waals surface area contributed by atoms with Crippen LogP contribution in [0.15, 0.2) is 0 Å². The van der Waals surface area contributed by atoms with Crippen LogP contribution in [0.3, 0.4) is 0 Å². The van der Waals surface area contributed by atoms with Crippen LogP contribution in [0, 0.1) is 0 Å². The molecule has 3 nitrogen and oxygen atoms in total. The standard InChI is InChI=1S/C9H20N2O/c1-9(2,3)11-6-5-7(10-4)8(11)12/h7-8,10,12H,5-6H2,1-4H3/t7-,8?/m0/s1. The molecule has 1 rings (SSSR count). The summed E-state index contributed by atoms with van der Waals surface area (Å²) in [6, 6.07) is 0.240. The van der Waals surface area contributed by atoms with Gasteiger partial charge in [-0.05, 0) is 34.2 Å². The summed E-state index contributed by atoms with van der Waals surface area (Å²) in [4.78, 5) is 2.13. The topological polar surface area (TPSA) is 35.5 Å². The van der Waals surface area contributed by atoms with Gasteiger partial charge in [-0.25, -0.2) is 0 Å². The summed E-state index contributed by atoms with van der Waals surface area (Å²) < 4.78 is 0. The average molecular weight is 172 g/mol. The van der Waals surface area contributed by atoms with Crippen molar-refractivity contribution in [2.45, 2.75) is 45.0 Å². The summed E-state index contributed by atoms with van der Waals surface area (Å²) in [6.45, 7) is 7.38. The molecule has 0 bridgehead atoms. The van der Waals surface area contributed by atoms with E-state index in [2.05, 4.69) is 31.0 Å². The van der Waals surface area contributed by atoms with Gasteiger partial charge in [-0.2, -0.15) is 0 Å². The van der Waals surface area contributed by atoms with E-state index in [0.717, 1.165) is 13.0 Å². The highest BCUT2D eigenvalue weighted by molar-refractivity contribution is 4.90. The quantitative estimate of drug-likeness (QED) is 0.601. The summed E-state index contributed by atoms with van der Waals surface area (Å²) in [5.74, 6) is 0. The Morgan fingerprint density at radius 2 is 2.00 bits per heavy atom. The first-order chi connectivity index (χ1) is 5.46. The highest BCUT2D eigenvalue weighted by Crippen LogP contribution is 2.24. The first kappa shape index (κ1) is 9.96. The number of nitrogens with one attached hydrogen (secondary N) is 1. The van der Waals surface area contributed by atoms with Crippen molar-refractivity contribution in [1.29, 1.82) is 0 Å². The lowest BCUT2D eigenvalue weighted by Crippen LogP contribution is -2.49. The molecule has 0 aromatic carbocycles. The molecule has 1 aliphatic rings. The molecule has 0 amide bonds. The first-order valence-corrected chi connectivity index (χ1v) is 4.59. The summed E-state index contributed by atoms with van der Waals surface area (Å²) in [7, 11) is 1.90. The number of likely N-dealkylation sites (tertiary alicyclic amines) is 1. The number of nitrogens with zero attached hydrogens (tertiary/aromatic N) is 1. The van der Waals surface area contributed by atoms with E-state index in [4.69, 9.17) is 0 Å². The van der Waals surface area contributed by atoms with Gasteiger partial charge in [0.05, 0.1) is 0 Å². The van der Waals surface area contributed by atoms with Gasteiger partial charge < -0.3 is 10.4 Å². The maximum absolute atomic E-state index is 9.85. The van der Waals surface area contributed by atoms with E-state index in [1.54, 1.807) is 0 Å². The molecule has 1 saturated heterocycles. The molecule has 3 heteroatoms. The fraction of sp³-hybridized carbons (Fsp3) is 1.00. The largest absolute Gasteiger partial charge is 0.377 e. The van der Waals surface area contributed by atoms with Gasteiger partial charge in [0.1, 0.15) is 6.23 Å². The lowest BCUT2D eigenvalue weighted by Gasteiger charge is -2.35. The number of aliphatic hydroxyl groups excluding tert-OH is 1. The zero-order valence-corrected chi connectivity index (χ0v) is 8.46. The Morgan fingerprint density at radius 3 is 2.25 bits per heavy atom. The third kappa shape index (κ3) is 1.79. The van der Waals surface area contributed by atoms with Crippen LogP contribution in [0.1, 0.15) is 27.2 Å². The van der Waals surface area contributed by atoms with E-state index in [0.29, 0.717) is 0 Å². The van der Waals surface area contributed by atoms with Gasteiger partial charge in [0.2, 0.25) is 0 Å². The minimum Gasteiger partial charge on any atom is -0.377 e. The molecule has 0 aromatic rings. The number of hydrogen-bond donors (Lipinski definition) is 2. The molecule has 1 aliphatic heterocycles. The Hall–Kier alpha value is -0.120. The number of rotatable bonds is 1. The van der Waals surface area contributed by atoms with Gasteiger partial charge >= 0.3 is 0 Å². The van der Waals surface area contributed by atoms with E-state index in [9.17, 15) is 5.11 Å². The third-order valence-corrected chi connectivity index (χ3v) is 2.59. The van der Waals surface area contributed by atoms with Crippen LogP contribution in [0.25, 0.3) is 0 Å². The third-order valence-electron chi connectivity index (χ3n) is 2.59. The fourth-order valence-corrected chi connectivity index (χ4v) is 1.80. The van der Waals surface area contributed by atoms with Crippen molar-refractivity contribution >= 4 is 0 Å². The Bertz CT molecular complexity index is 153. The molecule has 0 radical (unpaired) electrons. The molecule has 0 saturated carbocycles. The second kappa shape index (κ2) is 3.32. The average Bonchev–Trinajstić information content (AvgIpc) is 2.29. The van der Waals surface area contributed by atoms with Gasteiger partial charge in [-0.3, -0.25) is 4.90 Å². The van der Waals surface area contributed by atoms with E-state index >= 15 is 0 Å². The molecule has 1 fully saturated rings. The normalized spacial score (nSPS) is 32.8. The van der Waals surface area contributed by atoms with Crippen molar-refractivity contribution < 1.29 is 5.11 Å². The minimum absolute atomic E-state index is 0.0744. The highest BCUT2D eigenvalue weighted by atomic mass is 16.3. The molecular weight excluding hydrogens is 152 g/mol. The summed E-state index contributed by atoms with van der Waals surface area (Å²) in [6.07, 6.45) is 0.713. The summed E-state index contributed by atoms with van der Waals surface area (Å²) in [5.41, 5.74) is 0.0744. The monoisotopic (exact) mass is 172 g/mol. The minimum atomic E-state index is -0.324.